The summed E-state index contributed by atoms with van der Waals surface area (Å²) in [5.41, 5.74) is 1.71. The largest absolute Gasteiger partial charge is 0.497 e. The Kier molecular flexibility index (Phi) is 6.47. The Bertz CT molecular complexity index is 962. The molecular formula is C23H21NO5. The van der Waals surface area contributed by atoms with Crippen LogP contribution >= 0.6 is 0 Å². The number of ether oxygens (including phenoxy) is 3. The van der Waals surface area contributed by atoms with Gasteiger partial charge in [0.25, 0.3) is 5.91 Å². The fourth-order valence-electron chi connectivity index (χ4n) is 2.68. The maximum absolute atomic E-state index is 12.4. The van der Waals surface area contributed by atoms with E-state index in [1.54, 1.807) is 54.6 Å². The van der Waals surface area contributed by atoms with Gasteiger partial charge in [0.2, 0.25) is 0 Å². The number of hydrogen-bond donors (Lipinski definition) is 1. The molecule has 0 heterocycles. The molecule has 0 spiro atoms. The fraction of sp³-hybridized carbons (Fsp3) is 0.130. The van der Waals surface area contributed by atoms with Crippen molar-refractivity contribution in [3.8, 4) is 17.2 Å². The molecule has 0 saturated carbocycles. The van der Waals surface area contributed by atoms with Gasteiger partial charge in [-0.05, 0) is 24.3 Å². The van der Waals surface area contributed by atoms with Crippen LogP contribution in [0.5, 0.6) is 17.2 Å². The number of nitrogens with one attached hydrogen (secondary N) is 1. The molecule has 0 aromatic heterocycles. The van der Waals surface area contributed by atoms with Crippen LogP contribution in [0.25, 0.3) is 0 Å². The van der Waals surface area contributed by atoms with E-state index in [0.29, 0.717) is 34.1 Å². The van der Waals surface area contributed by atoms with Crippen LogP contribution in [0.2, 0.25) is 0 Å². The molecule has 0 unspecified atom stereocenters. The van der Waals surface area contributed by atoms with Crippen LogP contribution in [0.15, 0.2) is 72.8 Å². The standard InChI is InChI=1S/C23H21NO5/c1-27-20-12-18(13-21(14-20)28-2)24-22(25)15-29-19-10-8-17(9-11-19)23(26)16-6-4-3-5-7-16/h3-14H,15H2,1-2H3,(H,24,25). The normalized spacial score (nSPS) is 10.1. The van der Waals surface area contributed by atoms with Crippen LogP contribution < -0.4 is 19.5 Å². The van der Waals surface area contributed by atoms with Crippen molar-refractivity contribution in [3.63, 3.8) is 0 Å². The van der Waals surface area contributed by atoms with Gasteiger partial charge >= 0.3 is 0 Å². The molecular weight excluding hydrogens is 370 g/mol. The minimum absolute atomic E-state index is 0.0677. The summed E-state index contributed by atoms with van der Waals surface area (Å²) in [6.45, 7) is -0.175. The highest BCUT2D eigenvalue weighted by Crippen LogP contribution is 2.25. The number of carbonyl (C=O) groups excluding carboxylic acids is 2. The van der Waals surface area contributed by atoms with Gasteiger partial charge < -0.3 is 19.5 Å². The molecule has 0 aliphatic carbocycles. The molecule has 6 heteroatoms. The topological polar surface area (TPSA) is 73.9 Å². The third-order valence-corrected chi connectivity index (χ3v) is 4.16. The first-order valence-corrected chi connectivity index (χ1v) is 8.94. The van der Waals surface area contributed by atoms with Crippen LogP contribution in [0.1, 0.15) is 15.9 Å². The monoisotopic (exact) mass is 391 g/mol. The Balaban J connectivity index is 1.57. The average Bonchev–Trinajstić information content (AvgIpc) is 2.77. The van der Waals surface area contributed by atoms with E-state index in [2.05, 4.69) is 5.32 Å². The van der Waals surface area contributed by atoms with Gasteiger partial charge in [-0.25, -0.2) is 0 Å². The third kappa shape index (κ3) is 5.35. The van der Waals surface area contributed by atoms with Gasteiger partial charge in [0, 0.05) is 35.0 Å². The molecule has 1 N–H and O–H groups in total. The number of hydrogen-bond acceptors (Lipinski definition) is 5. The summed E-state index contributed by atoms with van der Waals surface area (Å²) in [4.78, 5) is 24.6. The van der Waals surface area contributed by atoms with Crippen LogP contribution in [0, 0.1) is 0 Å². The van der Waals surface area contributed by atoms with Gasteiger partial charge in [0.05, 0.1) is 14.2 Å². The summed E-state index contributed by atoms with van der Waals surface area (Å²) in [6, 6.07) is 20.8. The summed E-state index contributed by atoms with van der Waals surface area (Å²) >= 11 is 0. The Labute approximate surface area is 169 Å². The van der Waals surface area contributed by atoms with E-state index in [0.717, 1.165) is 0 Å². The molecule has 0 aliphatic heterocycles. The second kappa shape index (κ2) is 9.41. The molecule has 6 nitrogen and oxygen atoms in total. The van der Waals surface area contributed by atoms with Crippen LogP contribution in [-0.2, 0) is 4.79 Å². The number of anilines is 1. The van der Waals surface area contributed by atoms with E-state index in [4.69, 9.17) is 14.2 Å². The highest BCUT2D eigenvalue weighted by atomic mass is 16.5. The Morgan fingerprint density at radius 1 is 0.759 bits per heavy atom. The molecule has 0 saturated heterocycles. The molecule has 1 amide bonds. The first kappa shape index (κ1) is 19.9. The van der Waals surface area contributed by atoms with E-state index in [9.17, 15) is 9.59 Å². The molecule has 29 heavy (non-hydrogen) atoms. The third-order valence-electron chi connectivity index (χ3n) is 4.16. The molecule has 3 aromatic carbocycles. The second-order valence-electron chi connectivity index (χ2n) is 6.16. The van der Waals surface area contributed by atoms with Crippen molar-refractivity contribution in [2.24, 2.45) is 0 Å². The molecule has 0 fully saturated rings. The van der Waals surface area contributed by atoms with Gasteiger partial charge in [0.1, 0.15) is 17.2 Å². The van der Waals surface area contributed by atoms with Gasteiger partial charge in [-0.15, -0.1) is 0 Å². The predicted octanol–water partition coefficient (Wildman–Crippen LogP) is 3.95. The molecule has 148 valence electrons. The number of carbonyl (C=O) groups is 2. The summed E-state index contributed by atoms with van der Waals surface area (Å²) in [5, 5.41) is 2.73. The predicted molar refractivity (Wildman–Crippen MR) is 110 cm³/mol. The maximum Gasteiger partial charge on any atom is 0.262 e. The summed E-state index contributed by atoms with van der Waals surface area (Å²) < 4.78 is 15.9. The maximum atomic E-state index is 12.4. The minimum Gasteiger partial charge on any atom is -0.497 e. The van der Waals surface area contributed by atoms with E-state index in [-0.39, 0.29) is 18.3 Å². The Morgan fingerprint density at radius 2 is 1.34 bits per heavy atom. The Morgan fingerprint density at radius 3 is 1.93 bits per heavy atom. The SMILES string of the molecule is COc1cc(NC(=O)COc2ccc(C(=O)c3ccccc3)cc2)cc(OC)c1. The molecule has 3 rings (SSSR count). The van der Waals surface area contributed by atoms with Gasteiger partial charge in [0.15, 0.2) is 12.4 Å². The zero-order valence-electron chi connectivity index (χ0n) is 16.2. The zero-order chi connectivity index (χ0) is 20.6. The number of ketones is 1. The fourth-order valence-corrected chi connectivity index (χ4v) is 2.68. The van der Waals surface area contributed by atoms with Crippen molar-refractivity contribution < 1.29 is 23.8 Å². The summed E-state index contributed by atoms with van der Waals surface area (Å²) in [7, 11) is 3.07. The number of benzene rings is 3. The van der Waals surface area contributed by atoms with Crippen LogP contribution in [0.4, 0.5) is 5.69 Å². The second-order valence-corrected chi connectivity index (χ2v) is 6.16. The smallest absolute Gasteiger partial charge is 0.262 e. The van der Waals surface area contributed by atoms with E-state index < -0.39 is 0 Å². The van der Waals surface area contributed by atoms with Crippen molar-refractivity contribution >= 4 is 17.4 Å². The molecule has 0 bridgehead atoms. The summed E-state index contributed by atoms with van der Waals surface area (Å²) in [6.07, 6.45) is 0. The lowest BCUT2D eigenvalue weighted by molar-refractivity contribution is -0.118. The van der Waals surface area contributed by atoms with Crippen molar-refractivity contribution in [3.05, 3.63) is 83.9 Å². The van der Waals surface area contributed by atoms with Gasteiger partial charge in [-0.2, -0.15) is 0 Å². The molecule has 0 atom stereocenters. The number of methoxy groups -OCH3 is 2. The Hall–Kier alpha value is -3.80. The molecule has 0 aliphatic rings. The van der Waals surface area contributed by atoms with Gasteiger partial charge in [-0.3, -0.25) is 9.59 Å². The number of rotatable bonds is 8. The molecule has 3 aromatic rings. The van der Waals surface area contributed by atoms with Crippen molar-refractivity contribution in [1.82, 2.24) is 0 Å². The van der Waals surface area contributed by atoms with Crippen LogP contribution in [-0.4, -0.2) is 32.5 Å². The lowest BCUT2D eigenvalue weighted by Gasteiger charge is -2.11. The number of amides is 1. The van der Waals surface area contributed by atoms with E-state index >= 15 is 0 Å². The van der Waals surface area contributed by atoms with E-state index in [1.165, 1.54) is 14.2 Å². The van der Waals surface area contributed by atoms with E-state index in [1.807, 2.05) is 18.2 Å². The first-order valence-electron chi connectivity index (χ1n) is 8.94. The lowest BCUT2D eigenvalue weighted by atomic mass is 10.0. The lowest BCUT2D eigenvalue weighted by Crippen LogP contribution is -2.20. The highest BCUT2D eigenvalue weighted by molar-refractivity contribution is 6.09. The van der Waals surface area contributed by atoms with Crippen molar-refractivity contribution in [2.75, 3.05) is 26.1 Å². The zero-order valence-corrected chi connectivity index (χ0v) is 16.2. The average molecular weight is 391 g/mol. The summed E-state index contributed by atoms with van der Waals surface area (Å²) in [5.74, 6) is 1.23. The van der Waals surface area contributed by atoms with Crippen molar-refractivity contribution in [2.45, 2.75) is 0 Å². The first-order chi connectivity index (χ1) is 14.1. The minimum atomic E-state index is -0.329. The quantitative estimate of drug-likeness (QED) is 0.589. The van der Waals surface area contributed by atoms with Crippen LogP contribution in [0.3, 0.4) is 0 Å². The highest BCUT2D eigenvalue weighted by Gasteiger charge is 2.10. The van der Waals surface area contributed by atoms with Gasteiger partial charge in [-0.1, -0.05) is 30.3 Å². The van der Waals surface area contributed by atoms with Crippen molar-refractivity contribution in [1.29, 1.82) is 0 Å². The molecule has 0 radical (unpaired) electrons.